The van der Waals surface area contributed by atoms with Crippen molar-refractivity contribution in [1.82, 2.24) is 5.32 Å². The van der Waals surface area contributed by atoms with Gasteiger partial charge in [0.15, 0.2) is 0 Å². The summed E-state index contributed by atoms with van der Waals surface area (Å²) in [6.07, 6.45) is 2.10. The van der Waals surface area contributed by atoms with Crippen molar-refractivity contribution >= 4 is 22.2 Å². The molecule has 130 valence electrons. The molecule has 1 unspecified atom stereocenters. The summed E-state index contributed by atoms with van der Waals surface area (Å²) in [6, 6.07) is 13.8. The molecule has 3 rings (SSSR count). The molecule has 1 heterocycles. The highest BCUT2D eigenvalue weighted by Gasteiger charge is 2.39. The van der Waals surface area contributed by atoms with E-state index in [1.54, 1.807) is 18.2 Å². The highest BCUT2D eigenvalue weighted by Crippen LogP contribution is 2.60. The van der Waals surface area contributed by atoms with Gasteiger partial charge in [-0.1, -0.05) is 30.3 Å². The lowest BCUT2D eigenvalue weighted by atomic mass is 10.0. The SMILES string of the molecule is CNCCCC1Cc2ccccc2N(c2ccccc2F)S1(O)O. The highest BCUT2D eigenvalue weighted by molar-refractivity contribution is 8.26. The summed E-state index contributed by atoms with van der Waals surface area (Å²) in [5.41, 5.74) is 1.90. The van der Waals surface area contributed by atoms with E-state index in [-0.39, 0.29) is 10.9 Å². The molecule has 0 saturated heterocycles. The van der Waals surface area contributed by atoms with Gasteiger partial charge in [-0.3, -0.25) is 9.11 Å². The number of halogens is 1. The third-order valence-corrected chi connectivity index (χ3v) is 6.63. The number of nitrogens with one attached hydrogen (secondary N) is 1. The van der Waals surface area contributed by atoms with Crippen LogP contribution in [0.25, 0.3) is 0 Å². The molecule has 0 amide bonds. The molecule has 0 aromatic heterocycles. The molecule has 24 heavy (non-hydrogen) atoms. The molecular formula is C18H23FN2O2S. The molecule has 4 nitrogen and oxygen atoms in total. The summed E-state index contributed by atoms with van der Waals surface area (Å²) in [5.74, 6) is -0.455. The van der Waals surface area contributed by atoms with Crippen LogP contribution in [0, 0.1) is 5.82 Å². The van der Waals surface area contributed by atoms with E-state index in [0.717, 1.165) is 18.5 Å². The Labute approximate surface area is 143 Å². The van der Waals surface area contributed by atoms with E-state index in [4.69, 9.17) is 0 Å². The molecule has 3 N–H and O–H groups in total. The lowest BCUT2D eigenvalue weighted by Gasteiger charge is -2.53. The van der Waals surface area contributed by atoms with Gasteiger partial charge in [-0.05, 0) is 56.6 Å². The van der Waals surface area contributed by atoms with Crippen LogP contribution in [0.5, 0.6) is 0 Å². The Balaban J connectivity index is 2.05. The number of benzene rings is 2. The van der Waals surface area contributed by atoms with Gasteiger partial charge >= 0.3 is 0 Å². The summed E-state index contributed by atoms with van der Waals surface area (Å²) >= 11 is 0. The molecule has 0 bridgehead atoms. The van der Waals surface area contributed by atoms with Crippen LogP contribution in [-0.2, 0) is 6.42 Å². The molecule has 1 aliphatic heterocycles. The Bertz CT molecular complexity index is 711. The second-order valence-electron chi connectivity index (χ2n) is 6.01. The van der Waals surface area contributed by atoms with Gasteiger partial charge in [0.2, 0.25) is 0 Å². The van der Waals surface area contributed by atoms with Crippen LogP contribution < -0.4 is 9.62 Å². The lowest BCUT2D eigenvalue weighted by molar-refractivity contribution is 0.453. The third-order valence-electron chi connectivity index (χ3n) is 4.40. The van der Waals surface area contributed by atoms with Gasteiger partial charge in [0.05, 0.1) is 16.6 Å². The second-order valence-corrected chi connectivity index (χ2v) is 8.16. The number of anilines is 2. The number of rotatable bonds is 5. The molecule has 6 heteroatoms. The molecular weight excluding hydrogens is 327 g/mol. The van der Waals surface area contributed by atoms with E-state index in [9.17, 15) is 13.5 Å². The summed E-state index contributed by atoms with van der Waals surface area (Å²) in [6.45, 7) is 0.813. The van der Waals surface area contributed by atoms with Crippen LogP contribution >= 0.6 is 10.8 Å². The zero-order valence-electron chi connectivity index (χ0n) is 13.7. The standard InChI is InChI=1S/C18H23FN2O2S/c1-20-12-6-8-15-13-14-7-2-4-10-17(14)21(24(15,22)23)18-11-5-3-9-16(18)19/h2-5,7,9-11,15,20,22-23H,6,8,12-13H2,1H3. The second kappa shape index (κ2) is 7.11. The first-order valence-electron chi connectivity index (χ1n) is 8.10. The van der Waals surface area contributed by atoms with Crippen LogP contribution in [0.1, 0.15) is 18.4 Å². The molecule has 0 fully saturated rings. The van der Waals surface area contributed by atoms with Crippen molar-refractivity contribution in [3.05, 3.63) is 59.9 Å². The summed E-state index contributed by atoms with van der Waals surface area (Å²) in [7, 11) is -1.29. The zero-order valence-corrected chi connectivity index (χ0v) is 14.5. The third kappa shape index (κ3) is 3.15. The van der Waals surface area contributed by atoms with Crippen molar-refractivity contribution in [3.8, 4) is 0 Å². The Morgan fingerprint density at radius 2 is 1.79 bits per heavy atom. The topological polar surface area (TPSA) is 55.7 Å². The van der Waals surface area contributed by atoms with Gasteiger partial charge in [0.1, 0.15) is 5.82 Å². The zero-order chi connectivity index (χ0) is 17.2. The predicted octanol–water partition coefficient (Wildman–Crippen LogP) is 4.55. The normalized spacial score (nSPS) is 20.5. The van der Waals surface area contributed by atoms with E-state index in [0.29, 0.717) is 18.5 Å². The average Bonchev–Trinajstić information content (AvgIpc) is 2.56. The van der Waals surface area contributed by atoms with E-state index in [1.165, 1.54) is 10.4 Å². The molecule has 0 radical (unpaired) electrons. The van der Waals surface area contributed by atoms with Crippen molar-refractivity contribution < 1.29 is 13.5 Å². The Morgan fingerprint density at radius 1 is 1.12 bits per heavy atom. The fourth-order valence-corrected chi connectivity index (χ4v) is 5.28. The average molecular weight is 350 g/mol. The Morgan fingerprint density at radius 3 is 2.50 bits per heavy atom. The monoisotopic (exact) mass is 350 g/mol. The summed E-state index contributed by atoms with van der Waals surface area (Å²) < 4.78 is 37.8. The van der Waals surface area contributed by atoms with Gasteiger partial charge < -0.3 is 5.32 Å². The first-order chi connectivity index (χ1) is 11.6. The first kappa shape index (κ1) is 17.2. The Kier molecular flexibility index (Phi) is 5.10. The smallest absolute Gasteiger partial charge is 0.148 e. The fourth-order valence-electron chi connectivity index (χ4n) is 3.19. The lowest BCUT2D eigenvalue weighted by Crippen LogP contribution is -2.38. The molecule has 0 spiro atoms. The fraction of sp³-hybridized carbons (Fsp3) is 0.333. The minimum Gasteiger partial charge on any atom is -0.320 e. The first-order valence-corrected chi connectivity index (χ1v) is 9.66. The predicted molar refractivity (Wildman–Crippen MR) is 98.5 cm³/mol. The molecule has 1 aliphatic rings. The number of nitrogens with zero attached hydrogens (tertiary/aromatic N) is 1. The highest BCUT2D eigenvalue weighted by atomic mass is 32.3. The van der Waals surface area contributed by atoms with E-state index < -0.39 is 16.6 Å². The van der Waals surface area contributed by atoms with Crippen LogP contribution in [0.4, 0.5) is 15.8 Å². The van der Waals surface area contributed by atoms with Gasteiger partial charge in [0.25, 0.3) is 0 Å². The number of hydrogen-bond donors (Lipinski definition) is 3. The molecule has 1 atom stereocenters. The van der Waals surface area contributed by atoms with Crippen molar-refractivity contribution in [2.75, 3.05) is 17.9 Å². The van der Waals surface area contributed by atoms with Crippen LogP contribution in [-0.4, -0.2) is 27.9 Å². The van der Waals surface area contributed by atoms with E-state index in [1.807, 2.05) is 31.3 Å². The van der Waals surface area contributed by atoms with Crippen molar-refractivity contribution in [3.63, 3.8) is 0 Å². The molecule has 0 saturated carbocycles. The van der Waals surface area contributed by atoms with Crippen LogP contribution in [0.3, 0.4) is 0 Å². The summed E-state index contributed by atoms with van der Waals surface area (Å²) in [5, 5.41) is 2.76. The van der Waals surface area contributed by atoms with Crippen molar-refractivity contribution in [2.45, 2.75) is 24.5 Å². The van der Waals surface area contributed by atoms with Crippen LogP contribution in [0.2, 0.25) is 0 Å². The van der Waals surface area contributed by atoms with Gasteiger partial charge in [-0.25, -0.2) is 8.70 Å². The quantitative estimate of drug-likeness (QED) is 0.692. The van der Waals surface area contributed by atoms with Gasteiger partial charge in [0, 0.05) is 0 Å². The number of para-hydroxylation sites is 2. The minimum atomic E-state index is -3.17. The largest absolute Gasteiger partial charge is 0.320 e. The van der Waals surface area contributed by atoms with E-state index >= 15 is 0 Å². The van der Waals surface area contributed by atoms with Crippen molar-refractivity contribution in [1.29, 1.82) is 0 Å². The summed E-state index contributed by atoms with van der Waals surface area (Å²) in [4.78, 5) is 0. The maximum absolute atomic E-state index is 14.4. The number of hydrogen-bond acceptors (Lipinski definition) is 4. The Hall–Kier alpha value is -1.60. The maximum atomic E-state index is 14.4. The molecule has 0 aliphatic carbocycles. The maximum Gasteiger partial charge on any atom is 0.148 e. The van der Waals surface area contributed by atoms with E-state index in [2.05, 4.69) is 5.32 Å². The van der Waals surface area contributed by atoms with Gasteiger partial charge in [-0.2, -0.15) is 0 Å². The molecule has 2 aromatic rings. The van der Waals surface area contributed by atoms with Crippen LogP contribution in [0.15, 0.2) is 48.5 Å². The number of fused-ring (bicyclic) bond motifs is 1. The molecule has 2 aromatic carbocycles. The minimum absolute atomic E-state index is 0.211. The van der Waals surface area contributed by atoms with Crippen molar-refractivity contribution in [2.24, 2.45) is 0 Å². The van der Waals surface area contributed by atoms with Gasteiger partial charge in [-0.15, -0.1) is 10.8 Å².